The van der Waals surface area contributed by atoms with Crippen molar-refractivity contribution in [3.63, 3.8) is 0 Å². The van der Waals surface area contributed by atoms with Crippen molar-refractivity contribution in [2.24, 2.45) is 0 Å². The predicted octanol–water partition coefficient (Wildman–Crippen LogP) is 1.92. The fourth-order valence-electron chi connectivity index (χ4n) is 1.74. The standard InChI is InChI=1S/C9H17F3N2S/c1-14(6-7-15-9(10,11)12)8-2-4-13-5-3-8/h8,13H,2-7H2,1H3. The molecule has 1 heterocycles. The Morgan fingerprint density at radius 2 is 1.93 bits per heavy atom. The van der Waals surface area contributed by atoms with Crippen LogP contribution >= 0.6 is 11.8 Å². The molecule has 1 N–H and O–H groups in total. The average molecular weight is 242 g/mol. The molecule has 0 amide bonds. The highest BCUT2D eigenvalue weighted by Crippen LogP contribution is 2.29. The van der Waals surface area contributed by atoms with Crippen LogP contribution in [0.4, 0.5) is 13.2 Å². The quantitative estimate of drug-likeness (QED) is 0.811. The summed E-state index contributed by atoms with van der Waals surface area (Å²) in [5, 5.41) is 3.24. The van der Waals surface area contributed by atoms with Gasteiger partial charge in [0.25, 0.3) is 0 Å². The first kappa shape index (κ1) is 13.1. The molecule has 1 aliphatic heterocycles. The fourth-order valence-corrected chi connectivity index (χ4v) is 2.35. The minimum absolute atomic E-state index is 0.0686. The van der Waals surface area contributed by atoms with Crippen LogP contribution in [-0.4, -0.2) is 48.9 Å². The maximum absolute atomic E-state index is 11.9. The maximum atomic E-state index is 11.9. The van der Waals surface area contributed by atoms with E-state index in [-0.39, 0.29) is 17.5 Å². The van der Waals surface area contributed by atoms with Crippen LogP contribution in [0.1, 0.15) is 12.8 Å². The lowest BCUT2D eigenvalue weighted by Gasteiger charge is -2.31. The summed E-state index contributed by atoms with van der Waals surface area (Å²) < 4.78 is 35.6. The Balaban J connectivity index is 2.14. The number of hydrogen-bond donors (Lipinski definition) is 1. The van der Waals surface area contributed by atoms with Gasteiger partial charge in [0.05, 0.1) is 0 Å². The second-order valence-electron chi connectivity index (χ2n) is 3.76. The van der Waals surface area contributed by atoms with Crippen LogP contribution in [-0.2, 0) is 0 Å². The Labute approximate surface area is 92.6 Å². The van der Waals surface area contributed by atoms with Crippen LogP contribution in [0.5, 0.6) is 0 Å². The van der Waals surface area contributed by atoms with Crippen LogP contribution in [0.15, 0.2) is 0 Å². The van der Waals surface area contributed by atoms with Gasteiger partial charge in [0.1, 0.15) is 0 Å². The van der Waals surface area contributed by atoms with Crippen molar-refractivity contribution in [1.82, 2.24) is 10.2 Å². The molecular formula is C9H17F3N2S. The third-order valence-corrected chi connectivity index (χ3v) is 3.36. The van der Waals surface area contributed by atoms with Crippen LogP contribution in [0.3, 0.4) is 0 Å². The smallest absolute Gasteiger partial charge is 0.317 e. The average Bonchev–Trinajstić information content (AvgIpc) is 2.17. The Kier molecular flexibility index (Phi) is 5.22. The number of piperidine rings is 1. The van der Waals surface area contributed by atoms with E-state index < -0.39 is 5.51 Å². The Morgan fingerprint density at radius 1 is 1.33 bits per heavy atom. The topological polar surface area (TPSA) is 15.3 Å². The Hall–Kier alpha value is 0.0600. The van der Waals surface area contributed by atoms with Crippen molar-refractivity contribution in [2.75, 3.05) is 32.4 Å². The first-order chi connectivity index (χ1) is 6.99. The van der Waals surface area contributed by atoms with Crippen molar-refractivity contribution >= 4 is 11.8 Å². The molecule has 0 aromatic rings. The molecule has 6 heteroatoms. The van der Waals surface area contributed by atoms with Gasteiger partial charge in [0, 0.05) is 18.3 Å². The number of alkyl halides is 3. The van der Waals surface area contributed by atoms with Crippen molar-refractivity contribution in [2.45, 2.75) is 24.4 Å². The van der Waals surface area contributed by atoms with Crippen LogP contribution in [0.2, 0.25) is 0 Å². The van der Waals surface area contributed by atoms with Crippen molar-refractivity contribution in [3.05, 3.63) is 0 Å². The summed E-state index contributed by atoms with van der Waals surface area (Å²) in [6.45, 7) is 2.46. The number of hydrogen-bond acceptors (Lipinski definition) is 3. The monoisotopic (exact) mass is 242 g/mol. The molecule has 0 unspecified atom stereocenters. The first-order valence-corrected chi connectivity index (χ1v) is 6.09. The summed E-state index contributed by atoms with van der Waals surface area (Å²) in [6.07, 6.45) is 2.07. The van der Waals surface area contributed by atoms with Crippen molar-refractivity contribution in [3.8, 4) is 0 Å². The van der Waals surface area contributed by atoms with Crippen LogP contribution < -0.4 is 5.32 Å². The summed E-state index contributed by atoms with van der Waals surface area (Å²) in [4.78, 5) is 2.04. The van der Waals surface area contributed by atoms with Gasteiger partial charge in [-0.3, -0.25) is 0 Å². The lowest BCUT2D eigenvalue weighted by Crippen LogP contribution is -2.42. The predicted molar refractivity (Wildman–Crippen MR) is 57.0 cm³/mol. The van der Waals surface area contributed by atoms with Gasteiger partial charge < -0.3 is 10.2 Å². The Morgan fingerprint density at radius 3 is 2.47 bits per heavy atom. The molecule has 0 radical (unpaired) electrons. The van der Waals surface area contributed by atoms with Gasteiger partial charge in [-0.1, -0.05) is 0 Å². The second-order valence-corrected chi connectivity index (χ2v) is 4.92. The molecule has 0 spiro atoms. The summed E-state index contributed by atoms with van der Waals surface area (Å²) in [6, 6.07) is 0.445. The molecule has 2 nitrogen and oxygen atoms in total. The van der Waals surface area contributed by atoms with Gasteiger partial charge in [-0.15, -0.1) is 0 Å². The van der Waals surface area contributed by atoms with E-state index in [0.717, 1.165) is 25.9 Å². The molecule has 1 rings (SSSR count). The van der Waals surface area contributed by atoms with E-state index in [1.807, 2.05) is 11.9 Å². The minimum Gasteiger partial charge on any atom is -0.317 e. The van der Waals surface area contributed by atoms with E-state index in [0.29, 0.717) is 12.6 Å². The lowest BCUT2D eigenvalue weighted by atomic mass is 10.1. The summed E-state index contributed by atoms with van der Waals surface area (Å²) in [5.74, 6) is 0.129. The van der Waals surface area contributed by atoms with Crippen molar-refractivity contribution < 1.29 is 13.2 Å². The number of nitrogens with zero attached hydrogens (tertiary/aromatic N) is 1. The van der Waals surface area contributed by atoms with Gasteiger partial charge in [-0.25, -0.2) is 0 Å². The summed E-state index contributed by atoms with van der Waals surface area (Å²) in [7, 11) is 1.91. The molecule has 0 saturated carbocycles. The second kappa shape index (κ2) is 5.96. The van der Waals surface area contributed by atoms with E-state index in [1.54, 1.807) is 0 Å². The molecule has 0 aromatic heterocycles. The zero-order chi connectivity index (χ0) is 11.3. The van der Waals surface area contributed by atoms with Crippen LogP contribution in [0, 0.1) is 0 Å². The highest BCUT2D eigenvalue weighted by atomic mass is 32.2. The molecular weight excluding hydrogens is 225 g/mol. The third-order valence-electron chi connectivity index (χ3n) is 2.64. The largest absolute Gasteiger partial charge is 0.441 e. The molecule has 15 heavy (non-hydrogen) atoms. The van der Waals surface area contributed by atoms with Gasteiger partial charge >= 0.3 is 5.51 Å². The molecule has 0 aromatic carbocycles. The SMILES string of the molecule is CN(CCSC(F)(F)F)C1CCNCC1. The molecule has 0 aliphatic carbocycles. The van der Waals surface area contributed by atoms with E-state index in [2.05, 4.69) is 5.32 Å². The van der Waals surface area contributed by atoms with E-state index >= 15 is 0 Å². The van der Waals surface area contributed by atoms with Crippen LogP contribution in [0.25, 0.3) is 0 Å². The van der Waals surface area contributed by atoms with Crippen molar-refractivity contribution in [1.29, 1.82) is 0 Å². The molecule has 1 saturated heterocycles. The lowest BCUT2D eigenvalue weighted by molar-refractivity contribution is -0.0329. The molecule has 1 aliphatic rings. The highest BCUT2D eigenvalue weighted by molar-refractivity contribution is 8.00. The minimum atomic E-state index is -4.09. The zero-order valence-electron chi connectivity index (χ0n) is 8.81. The first-order valence-electron chi connectivity index (χ1n) is 5.10. The fraction of sp³-hybridized carbons (Fsp3) is 1.00. The zero-order valence-corrected chi connectivity index (χ0v) is 9.63. The highest BCUT2D eigenvalue weighted by Gasteiger charge is 2.28. The molecule has 1 fully saturated rings. The van der Waals surface area contributed by atoms with Gasteiger partial charge in [0.15, 0.2) is 0 Å². The third kappa shape index (κ3) is 5.63. The van der Waals surface area contributed by atoms with E-state index in [1.165, 1.54) is 0 Å². The maximum Gasteiger partial charge on any atom is 0.441 e. The number of halogens is 3. The molecule has 0 bridgehead atoms. The van der Waals surface area contributed by atoms with E-state index in [9.17, 15) is 13.2 Å². The Bertz CT molecular complexity index is 181. The number of rotatable bonds is 4. The number of nitrogens with one attached hydrogen (secondary N) is 1. The van der Waals surface area contributed by atoms with Gasteiger partial charge in [-0.2, -0.15) is 13.2 Å². The van der Waals surface area contributed by atoms with Gasteiger partial charge in [-0.05, 0) is 44.7 Å². The van der Waals surface area contributed by atoms with E-state index in [4.69, 9.17) is 0 Å². The molecule has 0 atom stereocenters. The number of thioether (sulfide) groups is 1. The van der Waals surface area contributed by atoms with Gasteiger partial charge in [0.2, 0.25) is 0 Å². The summed E-state index contributed by atoms with van der Waals surface area (Å²) in [5.41, 5.74) is -4.09. The summed E-state index contributed by atoms with van der Waals surface area (Å²) >= 11 is 0.0686. The molecule has 90 valence electrons. The normalized spacial score (nSPS) is 19.8.